The number of carbonyl (C=O) groups excluding carboxylic acids is 1. The fourth-order valence-electron chi connectivity index (χ4n) is 2.12. The molecule has 0 aliphatic rings. The second-order valence-electron chi connectivity index (χ2n) is 5.90. The van der Waals surface area contributed by atoms with E-state index in [4.69, 9.17) is 10.2 Å². The Morgan fingerprint density at radius 3 is 1.21 bits per heavy atom. The van der Waals surface area contributed by atoms with E-state index in [1.54, 1.807) is 0 Å². The van der Waals surface area contributed by atoms with Crippen LogP contribution in [-0.2, 0) is 19.1 Å². The summed E-state index contributed by atoms with van der Waals surface area (Å²) in [6, 6.07) is 0. The van der Waals surface area contributed by atoms with Crippen LogP contribution in [0.3, 0.4) is 0 Å². The monoisotopic (exact) mass is 408 g/mol. The molecule has 0 amide bonds. The van der Waals surface area contributed by atoms with Gasteiger partial charge in [0.1, 0.15) is 0 Å². The Hall–Kier alpha value is -1.71. The van der Waals surface area contributed by atoms with Crippen LogP contribution in [0.15, 0.2) is 0 Å². The number of carboxylic acid groups (broad SMARTS) is 2. The lowest BCUT2D eigenvalue weighted by Crippen LogP contribution is -2.42. The molecule has 0 aromatic carbocycles. The number of hydrogen-bond acceptors (Lipinski definition) is 7. The zero-order chi connectivity index (χ0) is 22.8. The van der Waals surface area contributed by atoms with Gasteiger partial charge in [-0.05, 0) is 39.3 Å². The van der Waals surface area contributed by atoms with Crippen LogP contribution in [0.1, 0.15) is 54.4 Å². The standard InChI is InChI=1S/C7H10O7.2C6H15N/c1-14-5(10)3-7(13,6(11)12)2-4(8)9;2*1-4-7(5-2)6-3/h13H,2-3H2,1H3,(H,8,9)(H,11,12);2*4-6H2,1-3H3. The molecule has 0 aliphatic heterocycles. The highest BCUT2D eigenvalue weighted by Crippen LogP contribution is 2.16. The van der Waals surface area contributed by atoms with Crippen molar-refractivity contribution in [2.24, 2.45) is 0 Å². The van der Waals surface area contributed by atoms with Gasteiger partial charge in [-0.2, -0.15) is 0 Å². The van der Waals surface area contributed by atoms with E-state index in [1.165, 1.54) is 39.3 Å². The van der Waals surface area contributed by atoms with Crippen molar-refractivity contribution in [3.05, 3.63) is 0 Å². The second kappa shape index (κ2) is 18.6. The van der Waals surface area contributed by atoms with Gasteiger partial charge in [-0.3, -0.25) is 9.59 Å². The Labute approximate surface area is 169 Å². The minimum atomic E-state index is -2.61. The summed E-state index contributed by atoms with van der Waals surface area (Å²) in [5.41, 5.74) is -2.61. The van der Waals surface area contributed by atoms with Crippen molar-refractivity contribution in [3.63, 3.8) is 0 Å². The van der Waals surface area contributed by atoms with Gasteiger partial charge in [-0.15, -0.1) is 0 Å². The van der Waals surface area contributed by atoms with Crippen molar-refractivity contribution in [2.75, 3.05) is 46.4 Å². The zero-order valence-electron chi connectivity index (χ0n) is 18.5. The van der Waals surface area contributed by atoms with E-state index in [0.717, 1.165) is 7.11 Å². The van der Waals surface area contributed by atoms with Gasteiger partial charge in [0.2, 0.25) is 0 Å². The molecule has 1 unspecified atom stereocenters. The molecule has 0 aromatic heterocycles. The lowest BCUT2D eigenvalue weighted by Gasteiger charge is -2.19. The summed E-state index contributed by atoms with van der Waals surface area (Å²) < 4.78 is 4.12. The average molecular weight is 409 g/mol. The quantitative estimate of drug-likeness (QED) is 0.436. The molecule has 3 N–H and O–H groups in total. The molecule has 1 atom stereocenters. The van der Waals surface area contributed by atoms with E-state index >= 15 is 0 Å². The molecule has 9 nitrogen and oxygen atoms in total. The number of methoxy groups -OCH3 is 1. The lowest BCUT2D eigenvalue weighted by molar-refractivity contribution is -0.171. The molecular weight excluding hydrogens is 368 g/mol. The highest BCUT2D eigenvalue weighted by Gasteiger charge is 2.41. The molecule has 0 heterocycles. The molecule has 0 aliphatic carbocycles. The third kappa shape index (κ3) is 16.5. The minimum absolute atomic E-state index is 0.898. The van der Waals surface area contributed by atoms with Crippen LogP contribution < -0.4 is 0 Å². The molecule has 9 heteroatoms. The number of nitrogens with zero attached hydrogens (tertiary/aromatic N) is 2. The van der Waals surface area contributed by atoms with Crippen LogP contribution in [0, 0.1) is 0 Å². The largest absolute Gasteiger partial charge is 0.481 e. The number of carbonyl (C=O) groups is 3. The molecule has 0 fully saturated rings. The average Bonchev–Trinajstić information content (AvgIpc) is 2.64. The maximum Gasteiger partial charge on any atom is 0.336 e. The van der Waals surface area contributed by atoms with E-state index < -0.39 is 36.4 Å². The van der Waals surface area contributed by atoms with Crippen molar-refractivity contribution in [2.45, 2.75) is 60.0 Å². The summed E-state index contributed by atoms with van der Waals surface area (Å²) in [5, 5.41) is 26.1. The lowest BCUT2D eigenvalue weighted by atomic mass is 9.96. The van der Waals surface area contributed by atoms with Gasteiger partial charge in [0.05, 0.1) is 20.0 Å². The Morgan fingerprint density at radius 2 is 1.07 bits per heavy atom. The summed E-state index contributed by atoms with van der Waals surface area (Å²) in [6.45, 7) is 20.2. The Morgan fingerprint density at radius 1 is 0.750 bits per heavy atom. The summed E-state index contributed by atoms with van der Waals surface area (Å²) in [5.74, 6) is -4.28. The fraction of sp³-hybridized carbons (Fsp3) is 0.842. The molecule has 0 spiro atoms. The van der Waals surface area contributed by atoms with Crippen LogP contribution in [0.25, 0.3) is 0 Å². The molecule has 28 heavy (non-hydrogen) atoms. The predicted octanol–water partition coefficient (Wildman–Crippen LogP) is 1.54. The van der Waals surface area contributed by atoms with E-state index in [1.807, 2.05) is 0 Å². The summed E-state index contributed by atoms with van der Waals surface area (Å²) >= 11 is 0. The second-order valence-corrected chi connectivity index (χ2v) is 5.90. The summed E-state index contributed by atoms with van der Waals surface area (Å²) in [7, 11) is 1.01. The molecule has 0 radical (unpaired) electrons. The van der Waals surface area contributed by atoms with E-state index in [0.29, 0.717) is 0 Å². The highest BCUT2D eigenvalue weighted by atomic mass is 16.5. The summed E-state index contributed by atoms with van der Waals surface area (Å²) in [4.78, 5) is 36.1. The number of carboxylic acids is 2. The van der Waals surface area contributed by atoms with Crippen LogP contribution >= 0.6 is 0 Å². The first-order chi connectivity index (χ1) is 13.0. The first kappa shape index (κ1) is 31.0. The van der Waals surface area contributed by atoms with E-state index in [9.17, 15) is 19.5 Å². The van der Waals surface area contributed by atoms with Crippen molar-refractivity contribution >= 4 is 17.9 Å². The van der Waals surface area contributed by atoms with Gasteiger partial charge in [0, 0.05) is 0 Å². The first-order valence-electron chi connectivity index (χ1n) is 9.70. The normalized spacial score (nSPS) is 12.2. The highest BCUT2D eigenvalue weighted by molar-refractivity contribution is 5.88. The van der Waals surface area contributed by atoms with Gasteiger partial charge < -0.3 is 29.9 Å². The fourth-order valence-corrected chi connectivity index (χ4v) is 2.12. The molecule has 0 bridgehead atoms. The number of aliphatic hydroxyl groups is 1. The number of esters is 1. The smallest absolute Gasteiger partial charge is 0.336 e. The molecular formula is C19H40N2O7. The van der Waals surface area contributed by atoms with Crippen LogP contribution in [0.2, 0.25) is 0 Å². The Kier molecular flexibility index (Phi) is 20.6. The van der Waals surface area contributed by atoms with Crippen LogP contribution in [0.5, 0.6) is 0 Å². The molecule has 0 rings (SSSR count). The SMILES string of the molecule is CCN(CC)CC.CCN(CC)CC.COC(=O)CC(O)(CC(=O)O)C(=O)O. The summed E-state index contributed by atoms with van der Waals surface area (Å²) in [6.07, 6.45) is -1.96. The van der Waals surface area contributed by atoms with Gasteiger partial charge in [0.25, 0.3) is 0 Å². The molecule has 0 saturated carbocycles. The van der Waals surface area contributed by atoms with Crippen molar-refractivity contribution in [1.82, 2.24) is 9.80 Å². The molecule has 168 valence electrons. The maximum absolute atomic E-state index is 10.7. The van der Waals surface area contributed by atoms with Gasteiger partial charge in [0.15, 0.2) is 5.60 Å². The van der Waals surface area contributed by atoms with Gasteiger partial charge >= 0.3 is 17.9 Å². The van der Waals surface area contributed by atoms with Crippen molar-refractivity contribution < 1.29 is 34.4 Å². The third-order valence-electron chi connectivity index (χ3n) is 4.19. The van der Waals surface area contributed by atoms with E-state index in [-0.39, 0.29) is 0 Å². The van der Waals surface area contributed by atoms with Gasteiger partial charge in [-0.1, -0.05) is 41.5 Å². The predicted molar refractivity (Wildman–Crippen MR) is 108 cm³/mol. The topological polar surface area (TPSA) is 128 Å². The third-order valence-corrected chi connectivity index (χ3v) is 4.19. The minimum Gasteiger partial charge on any atom is -0.481 e. The number of rotatable bonds is 11. The van der Waals surface area contributed by atoms with E-state index in [2.05, 4.69) is 56.1 Å². The Bertz CT molecular complexity index is 401. The molecule has 0 saturated heterocycles. The number of aliphatic carboxylic acids is 2. The zero-order valence-corrected chi connectivity index (χ0v) is 18.5. The molecule has 0 aromatic rings. The maximum atomic E-state index is 10.7. The van der Waals surface area contributed by atoms with Crippen molar-refractivity contribution in [1.29, 1.82) is 0 Å². The van der Waals surface area contributed by atoms with Crippen LogP contribution in [-0.4, -0.2) is 95.0 Å². The Balaban J connectivity index is -0.000000375. The van der Waals surface area contributed by atoms with Gasteiger partial charge in [-0.25, -0.2) is 4.79 Å². The van der Waals surface area contributed by atoms with Crippen molar-refractivity contribution in [3.8, 4) is 0 Å². The number of hydrogen-bond donors (Lipinski definition) is 3. The van der Waals surface area contributed by atoms with Crippen LogP contribution in [0.4, 0.5) is 0 Å². The number of ether oxygens (including phenoxy) is 1. The first-order valence-corrected chi connectivity index (χ1v) is 9.70.